The summed E-state index contributed by atoms with van der Waals surface area (Å²) in [5, 5.41) is 13.4. The zero-order valence-corrected chi connectivity index (χ0v) is 12.4. The minimum absolute atomic E-state index is 0.0445. The van der Waals surface area contributed by atoms with Crippen molar-refractivity contribution < 1.29 is 9.72 Å². The minimum atomic E-state index is -0.499. The van der Waals surface area contributed by atoms with Gasteiger partial charge in [-0.2, -0.15) is 0 Å². The first kappa shape index (κ1) is 14.7. The van der Waals surface area contributed by atoms with Gasteiger partial charge < -0.3 is 9.88 Å². The summed E-state index contributed by atoms with van der Waals surface area (Å²) in [6, 6.07) is 13.2. The molecule has 2 aromatic carbocycles. The van der Waals surface area contributed by atoms with Gasteiger partial charge in [-0.05, 0) is 24.3 Å². The van der Waals surface area contributed by atoms with Gasteiger partial charge in [0.05, 0.1) is 22.5 Å². The van der Waals surface area contributed by atoms with Crippen molar-refractivity contribution in [1.29, 1.82) is 0 Å². The number of nitrogens with one attached hydrogen (secondary N) is 1. The average Bonchev–Trinajstić information content (AvgIpc) is 2.89. The van der Waals surface area contributed by atoms with E-state index in [0.717, 1.165) is 16.9 Å². The van der Waals surface area contributed by atoms with Gasteiger partial charge in [0.1, 0.15) is 5.82 Å². The Morgan fingerprint density at radius 3 is 2.57 bits per heavy atom. The van der Waals surface area contributed by atoms with E-state index in [4.69, 9.17) is 0 Å². The fraction of sp³-hybridized carbons (Fsp3) is 0.125. The van der Waals surface area contributed by atoms with Crippen LogP contribution < -0.4 is 5.32 Å². The zero-order chi connectivity index (χ0) is 16.4. The molecule has 3 aromatic rings. The Bertz CT molecular complexity index is 884. The maximum atomic E-state index is 12.1. The first-order chi connectivity index (χ1) is 11.1. The Kier molecular flexibility index (Phi) is 3.76. The second-order valence-electron chi connectivity index (χ2n) is 5.06. The molecule has 1 N–H and O–H groups in total. The highest BCUT2D eigenvalue weighted by atomic mass is 16.6. The van der Waals surface area contributed by atoms with Crippen LogP contribution >= 0.6 is 0 Å². The minimum Gasteiger partial charge on any atom is -0.345 e. The third kappa shape index (κ3) is 2.89. The zero-order valence-electron chi connectivity index (χ0n) is 12.4. The van der Waals surface area contributed by atoms with Crippen molar-refractivity contribution in [2.45, 2.75) is 6.54 Å². The molecular weight excluding hydrogens is 296 g/mol. The number of aryl methyl sites for hydroxylation is 1. The summed E-state index contributed by atoms with van der Waals surface area (Å²) in [5.41, 5.74) is 2.19. The number of benzene rings is 2. The van der Waals surface area contributed by atoms with E-state index in [0.29, 0.717) is 5.56 Å². The predicted octanol–water partition coefficient (Wildman–Crippen LogP) is 2.41. The maximum Gasteiger partial charge on any atom is 0.269 e. The van der Waals surface area contributed by atoms with Crippen LogP contribution in [0.25, 0.3) is 11.0 Å². The number of aromatic nitrogens is 2. The van der Waals surface area contributed by atoms with Crippen LogP contribution in [-0.2, 0) is 13.6 Å². The molecule has 3 rings (SSSR count). The van der Waals surface area contributed by atoms with Crippen LogP contribution in [0.5, 0.6) is 0 Å². The summed E-state index contributed by atoms with van der Waals surface area (Å²) in [7, 11) is 1.89. The Morgan fingerprint density at radius 2 is 1.91 bits per heavy atom. The molecule has 7 heteroatoms. The highest BCUT2D eigenvalue weighted by Gasteiger charge is 2.11. The van der Waals surface area contributed by atoms with Crippen LogP contribution in [0.4, 0.5) is 5.69 Å². The van der Waals surface area contributed by atoms with E-state index >= 15 is 0 Å². The van der Waals surface area contributed by atoms with Crippen molar-refractivity contribution in [3.63, 3.8) is 0 Å². The maximum absolute atomic E-state index is 12.1. The summed E-state index contributed by atoms with van der Waals surface area (Å²) in [6.45, 7) is 0.279. The number of non-ortho nitro benzene ring substituents is 1. The standard InChI is InChI=1S/C16H14N4O3/c1-19-14-5-3-2-4-13(14)18-15(19)10-17-16(21)11-6-8-12(9-7-11)20(22)23/h2-9H,10H2,1H3,(H,17,21). The van der Waals surface area contributed by atoms with Crippen LogP contribution in [0, 0.1) is 10.1 Å². The number of fused-ring (bicyclic) bond motifs is 1. The van der Waals surface area contributed by atoms with Gasteiger partial charge in [0.25, 0.3) is 11.6 Å². The Balaban J connectivity index is 1.72. The van der Waals surface area contributed by atoms with Crippen molar-refractivity contribution in [3.05, 3.63) is 70.0 Å². The van der Waals surface area contributed by atoms with Gasteiger partial charge in [0, 0.05) is 24.7 Å². The molecule has 0 aliphatic rings. The lowest BCUT2D eigenvalue weighted by Gasteiger charge is -2.05. The fourth-order valence-electron chi connectivity index (χ4n) is 2.35. The smallest absolute Gasteiger partial charge is 0.269 e. The number of amides is 1. The lowest BCUT2D eigenvalue weighted by Crippen LogP contribution is -2.24. The molecule has 23 heavy (non-hydrogen) atoms. The van der Waals surface area contributed by atoms with E-state index < -0.39 is 4.92 Å². The molecule has 0 aliphatic carbocycles. The number of rotatable bonds is 4. The van der Waals surface area contributed by atoms with E-state index in [9.17, 15) is 14.9 Å². The van der Waals surface area contributed by atoms with E-state index in [1.807, 2.05) is 35.9 Å². The quantitative estimate of drug-likeness (QED) is 0.592. The molecule has 0 radical (unpaired) electrons. The van der Waals surface area contributed by atoms with Gasteiger partial charge >= 0.3 is 0 Å². The van der Waals surface area contributed by atoms with Crippen LogP contribution in [0.2, 0.25) is 0 Å². The molecule has 0 unspecified atom stereocenters. The molecule has 0 saturated carbocycles. The number of hydrogen-bond donors (Lipinski definition) is 1. The topological polar surface area (TPSA) is 90.1 Å². The number of carbonyl (C=O) groups is 1. The van der Waals surface area contributed by atoms with E-state index in [-0.39, 0.29) is 18.1 Å². The van der Waals surface area contributed by atoms with E-state index in [1.165, 1.54) is 24.3 Å². The molecule has 1 heterocycles. The molecule has 1 aromatic heterocycles. The molecule has 0 spiro atoms. The third-order valence-corrected chi connectivity index (χ3v) is 3.63. The van der Waals surface area contributed by atoms with E-state index in [2.05, 4.69) is 10.3 Å². The third-order valence-electron chi connectivity index (χ3n) is 3.63. The monoisotopic (exact) mass is 310 g/mol. The Morgan fingerprint density at radius 1 is 1.22 bits per heavy atom. The normalized spacial score (nSPS) is 10.7. The summed E-state index contributed by atoms with van der Waals surface area (Å²) in [6.07, 6.45) is 0. The average molecular weight is 310 g/mol. The number of carbonyl (C=O) groups excluding carboxylic acids is 1. The molecule has 1 amide bonds. The van der Waals surface area contributed by atoms with Gasteiger partial charge in [0.2, 0.25) is 0 Å². The van der Waals surface area contributed by atoms with Crippen molar-refractivity contribution >= 4 is 22.6 Å². The first-order valence-electron chi connectivity index (χ1n) is 6.99. The molecule has 0 saturated heterocycles. The van der Waals surface area contributed by atoms with Crippen LogP contribution in [-0.4, -0.2) is 20.4 Å². The summed E-state index contributed by atoms with van der Waals surface area (Å²) in [4.78, 5) is 26.7. The van der Waals surface area contributed by atoms with Crippen LogP contribution in [0.15, 0.2) is 48.5 Å². The number of nitro groups is 1. The van der Waals surface area contributed by atoms with Crippen molar-refractivity contribution in [2.75, 3.05) is 0 Å². The van der Waals surface area contributed by atoms with Gasteiger partial charge in [0.15, 0.2) is 0 Å². The fourth-order valence-corrected chi connectivity index (χ4v) is 2.35. The first-order valence-corrected chi connectivity index (χ1v) is 6.99. The number of hydrogen-bond acceptors (Lipinski definition) is 4. The van der Waals surface area contributed by atoms with Crippen molar-refractivity contribution in [2.24, 2.45) is 7.05 Å². The number of imidazole rings is 1. The molecule has 0 bridgehead atoms. The number of para-hydroxylation sites is 2. The van der Waals surface area contributed by atoms with Crippen molar-refractivity contribution in [1.82, 2.24) is 14.9 Å². The lowest BCUT2D eigenvalue weighted by molar-refractivity contribution is -0.384. The predicted molar refractivity (Wildman–Crippen MR) is 85.0 cm³/mol. The highest BCUT2D eigenvalue weighted by molar-refractivity contribution is 5.94. The Labute approximate surface area is 131 Å². The summed E-state index contributed by atoms with van der Waals surface area (Å²) in [5.74, 6) is 0.438. The second kappa shape index (κ2) is 5.88. The lowest BCUT2D eigenvalue weighted by atomic mass is 10.2. The molecule has 0 aliphatic heterocycles. The molecule has 0 fully saturated rings. The largest absolute Gasteiger partial charge is 0.345 e. The molecular formula is C16H14N4O3. The van der Waals surface area contributed by atoms with Gasteiger partial charge in [-0.1, -0.05) is 12.1 Å². The van der Waals surface area contributed by atoms with Crippen molar-refractivity contribution in [3.8, 4) is 0 Å². The van der Waals surface area contributed by atoms with Gasteiger partial charge in [-0.3, -0.25) is 14.9 Å². The van der Waals surface area contributed by atoms with E-state index in [1.54, 1.807) is 0 Å². The molecule has 116 valence electrons. The van der Waals surface area contributed by atoms with Crippen LogP contribution in [0.3, 0.4) is 0 Å². The number of nitro benzene ring substituents is 1. The number of nitrogens with zero attached hydrogens (tertiary/aromatic N) is 3. The highest BCUT2D eigenvalue weighted by Crippen LogP contribution is 2.15. The van der Waals surface area contributed by atoms with Crippen LogP contribution in [0.1, 0.15) is 16.2 Å². The molecule has 7 nitrogen and oxygen atoms in total. The SMILES string of the molecule is Cn1c(CNC(=O)c2ccc([N+](=O)[O-])cc2)nc2ccccc21. The second-order valence-corrected chi connectivity index (χ2v) is 5.06. The molecule has 0 atom stereocenters. The summed E-state index contributed by atoms with van der Waals surface area (Å²) < 4.78 is 1.92. The van der Waals surface area contributed by atoms with Gasteiger partial charge in [-0.25, -0.2) is 4.98 Å². The van der Waals surface area contributed by atoms with Gasteiger partial charge in [-0.15, -0.1) is 0 Å². The summed E-state index contributed by atoms with van der Waals surface area (Å²) >= 11 is 0. The Hall–Kier alpha value is -3.22.